The molecule has 2 amide bonds. The largest absolute Gasteiger partial charge is 0.338 e. The molecule has 3 aliphatic rings. The minimum atomic E-state index is -0.0783. The fraction of sp³-hybridized carbons (Fsp3) is 0.619. The summed E-state index contributed by atoms with van der Waals surface area (Å²) in [6.07, 6.45) is 7.56. The highest BCUT2D eigenvalue weighted by Crippen LogP contribution is 2.45. The van der Waals surface area contributed by atoms with Crippen LogP contribution in [0.1, 0.15) is 55.3 Å². The second-order valence-corrected chi connectivity index (χ2v) is 10.3. The highest BCUT2D eigenvalue weighted by molar-refractivity contribution is 9.10. The SMILES string of the molecule is O=C(c1ccc(Br)cc1)N1CCC2(CC1)SCCN2C(=O)C1CCCCC1. The number of thioether (sulfide) groups is 1. The van der Waals surface area contributed by atoms with Crippen LogP contribution in [0, 0.1) is 5.92 Å². The molecule has 1 aromatic carbocycles. The zero-order valence-corrected chi connectivity index (χ0v) is 18.1. The number of benzene rings is 1. The van der Waals surface area contributed by atoms with Crippen LogP contribution in [0.25, 0.3) is 0 Å². The van der Waals surface area contributed by atoms with Crippen LogP contribution >= 0.6 is 27.7 Å². The molecule has 2 aliphatic heterocycles. The zero-order valence-electron chi connectivity index (χ0n) is 15.7. The van der Waals surface area contributed by atoms with Crippen molar-refractivity contribution in [1.29, 1.82) is 0 Å². The molecule has 0 bridgehead atoms. The second kappa shape index (κ2) is 8.16. The number of carbonyl (C=O) groups excluding carboxylic acids is 2. The normalized spacial score (nSPS) is 23.0. The van der Waals surface area contributed by atoms with Crippen molar-refractivity contribution in [2.24, 2.45) is 5.92 Å². The van der Waals surface area contributed by atoms with E-state index in [-0.39, 0.29) is 16.7 Å². The highest BCUT2D eigenvalue weighted by Gasteiger charge is 2.48. The van der Waals surface area contributed by atoms with Crippen molar-refractivity contribution in [1.82, 2.24) is 9.80 Å². The van der Waals surface area contributed by atoms with E-state index in [4.69, 9.17) is 0 Å². The van der Waals surface area contributed by atoms with Crippen molar-refractivity contribution in [3.8, 4) is 0 Å². The van der Waals surface area contributed by atoms with Crippen molar-refractivity contribution < 1.29 is 9.59 Å². The second-order valence-electron chi connectivity index (χ2n) is 7.92. The van der Waals surface area contributed by atoms with E-state index in [0.717, 1.165) is 61.1 Å². The zero-order chi connectivity index (χ0) is 18.9. The van der Waals surface area contributed by atoms with Crippen LogP contribution in [0.2, 0.25) is 0 Å². The maximum Gasteiger partial charge on any atom is 0.253 e. The molecular weight excluding hydrogens is 424 g/mol. The van der Waals surface area contributed by atoms with E-state index in [2.05, 4.69) is 20.8 Å². The van der Waals surface area contributed by atoms with Gasteiger partial charge in [0.05, 0.1) is 4.87 Å². The van der Waals surface area contributed by atoms with Gasteiger partial charge in [-0.3, -0.25) is 9.59 Å². The Hall–Kier alpha value is -1.01. The number of piperidine rings is 1. The van der Waals surface area contributed by atoms with Gasteiger partial charge in [-0.2, -0.15) is 0 Å². The lowest BCUT2D eigenvalue weighted by Crippen LogP contribution is -2.55. The van der Waals surface area contributed by atoms with Gasteiger partial charge in [-0.1, -0.05) is 35.2 Å². The minimum Gasteiger partial charge on any atom is -0.338 e. The molecule has 1 saturated carbocycles. The Balaban J connectivity index is 1.41. The Morgan fingerprint density at radius 2 is 1.67 bits per heavy atom. The van der Waals surface area contributed by atoms with Crippen LogP contribution in [0.5, 0.6) is 0 Å². The Labute approximate surface area is 174 Å². The van der Waals surface area contributed by atoms with Crippen LogP contribution in [0.15, 0.2) is 28.7 Å². The van der Waals surface area contributed by atoms with Crippen LogP contribution in [-0.4, -0.2) is 51.9 Å². The lowest BCUT2D eigenvalue weighted by Gasteiger charge is -2.45. The summed E-state index contributed by atoms with van der Waals surface area (Å²) in [4.78, 5) is 30.0. The molecule has 6 heteroatoms. The van der Waals surface area contributed by atoms with Crippen molar-refractivity contribution in [2.75, 3.05) is 25.4 Å². The van der Waals surface area contributed by atoms with Gasteiger partial charge in [0.25, 0.3) is 5.91 Å². The minimum absolute atomic E-state index is 0.0783. The van der Waals surface area contributed by atoms with E-state index in [9.17, 15) is 9.59 Å². The quantitative estimate of drug-likeness (QED) is 0.663. The number of rotatable bonds is 2. The van der Waals surface area contributed by atoms with E-state index in [1.807, 2.05) is 40.9 Å². The number of hydrogen-bond acceptors (Lipinski definition) is 3. The van der Waals surface area contributed by atoms with Crippen LogP contribution < -0.4 is 0 Å². The molecule has 2 saturated heterocycles. The van der Waals surface area contributed by atoms with Gasteiger partial charge in [-0.25, -0.2) is 0 Å². The summed E-state index contributed by atoms with van der Waals surface area (Å²) in [5.74, 6) is 1.74. The Kier molecular flexibility index (Phi) is 5.83. The Morgan fingerprint density at radius 3 is 2.33 bits per heavy atom. The van der Waals surface area contributed by atoms with Crippen molar-refractivity contribution in [3.05, 3.63) is 34.3 Å². The third-order valence-corrected chi connectivity index (χ3v) is 8.40. The van der Waals surface area contributed by atoms with E-state index in [1.165, 1.54) is 19.3 Å². The molecule has 146 valence electrons. The first-order valence-electron chi connectivity index (χ1n) is 10.1. The molecule has 1 aromatic rings. The average molecular weight is 451 g/mol. The third kappa shape index (κ3) is 3.93. The number of carbonyl (C=O) groups is 2. The average Bonchev–Trinajstić information content (AvgIpc) is 3.11. The van der Waals surface area contributed by atoms with Gasteiger partial charge in [0.1, 0.15) is 0 Å². The summed E-state index contributed by atoms with van der Waals surface area (Å²) >= 11 is 5.36. The Bertz CT molecular complexity index is 695. The van der Waals surface area contributed by atoms with Gasteiger partial charge < -0.3 is 9.80 Å². The fourth-order valence-corrected chi connectivity index (χ4v) is 6.46. The molecule has 0 atom stereocenters. The fourth-order valence-electron chi connectivity index (χ4n) is 4.74. The first kappa shape index (κ1) is 19.3. The standard InChI is InChI=1S/C21H27BrN2O2S/c22-18-8-6-17(7-9-18)19(25)23-12-10-21(11-13-23)24(14-15-27-21)20(26)16-4-2-1-3-5-16/h6-9,16H,1-5,10-15H2. The molecule has 2 heterocycles. The smallest absolute Gasteiger partial charge is 0.253 e. The molecule has 3 fully saturated rings. The van der Waals surface area contributed by atoms with Crippen LogP contribution in [0.4, 0.5) is 0 Å². The number of nitrogens with zero attached hydrogens (tertiary/aromatic N) is 2. The van der Waals surface area contributed by atoms with E-state index < -0.39 is 0 Å². The molecule has 4 rings (SSSR count). The number of amides is 2. The monoisotopic (exact) mass is 450 g/mol. The predicted octanol–water partition coefficient (Wildman–Crippen LogP) is 4.54. The Morgan fingerprint density at radius 1 is 1.00 bits per heavy atom. The summed E-state index contributed by atoms with van der Waals surface area (Å²) < 4.78 is 0.982. The molecule has 0 N–H and O–H groups in total. The molecular formula is C21H27BrN2O2S. The van der Waals surface area contributed by atoms with Gasteiger partial charge >= 0.3 is 0 Å². The van der Waals surface area contributed by atoms with Gasteiger partial charge in [0, 0.05) is 41.3 Å². The summed E-state index contributed by atoms with van der Waals surface area (Å²) in [6, 6.07) is 7.58. The molecule has 27 heavy (non-hydrogen) atoms. The lowest BCUT2D eigenvalue weighted by molar-refractivity contribution is -0.140. The van der Waals surface area contributed by atoms with Crippen LogP contribution in [0.3, 0.4) is 0 Å². The van der Waals surface area contributed by atoms with Gasteiger partial charge in [-0.15, -0.1) is 11.8 Å². The topological polar surface area (TPSA) is 40.6 Å². The van der Waals surface area contributed by atoms with Crippen LogP contribution in [-0.2, 0) is 4.79 Å². The lowest BCUT2D eigenvalue weighted by atomic mass is 9.87. The van der Waals surface area contributed by atoms with E-state index in [1.54, 1.807) is 0 Å². The maximum atomic E-state index is 13.2. The van der Waals surface area contributed by atoms with Gasteiger partial charge in [-0.05, 0) is 49.9 Å². The summed E-state index contributed by atoms with van der Waals surface area (Å²) in [7, 11) is 0. The summed E-state index contributed by atoms with van der Waals surface area (Å²) in [5.41, 5.74) is 0.739. The molecule has 1 aliphatic carbocycles. The summed E-state index contributed by atoms with van der Waals surface area (Å²) in [6.45, 7) is 2.34. The molecule has 0 aromatic heterocycles. The number of halogens is 1. The van der Waals surface area contributed by atoms with Crippen molar-refractivity contribution in [3.63, 3.8) is 0 Å². The summed E-state index contributed by atoms with van der Waals surface area (Å²) in [5, 5.41) is 0. The molecule has 1 spiro atoms. The van der Waals surface area contributed by atoms with Gasteiger partial charge in [0.15, 0.2) is 0 Å². The van der Waals surface area contributed by atoms with Gasteiger partial charge in [0.2, 0.25) is 5.91 Å². The molecule has 4 nitrogen and oxygen atoms in total. The third-order valence-electron chi connectivity index (χ3n) is 6.32. The number of likely N-dealkylation sites (tertiary alicyclic amines) is 1. The number of hydrogen-bond donors (Lipinski definition) is 0. The van der Waals surface area contributed by atoms with E-state index in [0.29, 0.717) is 5.91 Å². The first-order chi connectivity index (χ1) is 13.1. The van der Waals surface area contributed by atoms with Crippen molar-refractivity contribution in [2.45, 2.75) is 49.8 Å². The molecule has 0 radical (unpaired) electrons. The maximum absolute atomic E-state index is 13.2. The predicted molar refractivity (Wildman–Crippen MR) is 113 cm³/mol. The molecule has 0 unspecified atom stereocenters. The van der Waals surface area contributed by atoms with Crippen molar-refractivity contribution >= 4 is 39.5 Å². The first-order valence-corrected chi connectivity index (χ1v) is 11.9. The highest BCUT2D eigenvalue weighted by atomic mass is 79.9. The van der Waals surface area contributed by atoms with E-state index >= 15 is 0 Å².